The van der Waals surface area contributed by atoms with Crippen molar-refractivity contribution in [1.29, 1.82) is 0 Å². The third-order valence-corrected chi connectivity index (χ3v) is 4.95. The standard InChI is InChI=1S/C20H32N2O.ClH/c1-19(2,3)16-6-8-17(9-7-16)20(4,5)14-22-18(23)15-10-12-21-13-11-15;/h6-9,15,21H,10-14H2,1-5H3,(H,22,23);1H. The molecule has 1 saturated heterocycles. The van der Waals surface area contributed by atoms with Crippen molar-refractivity contribution in [2.45, 2.75) is 58.3 Å². The van der Waals surface area contributed by atoms with Crippen molar-refractivity contribution in [3.63, 3.8) is 0 Å². The van der Waals surface area contributed by atoms with E-state index in [0.717, 1.165) is 25.9 Å². The summed E-state index contributed by atoms with van der Waals surface area (Å²) < 4.78 is 0. The lowest BCUT2D eigenvalue weighted by atomic mass is 9.81. The summed E-state index contributed by atoms with van der Waals surface area (Å²) in [6.45, 7) is 13.7. The fourth-order valence-electron chi connectivity index (χ4n) is 3.06. The van der Waals surface area contributed by atoms with Crippen LogP contribution in [-0.2, 0) is 15.6 Å². The normalized spacial score (nSPS) is 16.4. The number of nitrogens with one attached hydrogen (secondary N) is 2. The third kappa shape index (κ3) is 5.49. The highest BCUT2D eigenvalue weighted by Crippen LogP contribution is 2.27. The molecule has 0 aliphatic carbocycles. The van der Waals surface area contributed by atoms with Gasteiger partial charge in [0.05, 0.1) is 0 Å². The summed E-state index contributed by atoms with van der Waals surface area (Å²) in [5.74, 6) is 0.390. The molecule has 0 radical (unpaired) electrons. The molecule has 0 saturated carbocycles. The van der Waals surface area contributed by atoms with Gasteiger partial charge in [-0.15, -0.1) is 12.4 Å². The minimum atomic E-state index is -0.0566. The van der Waals surface area contributed by atoms with Crippen LogP contribution in [0, 0.1) is 5.92 Å². The van der Waals surface area contributed by atoms with Crippen LogP contribution in [0.25, 0.3) is 0 Å². The van der Waals surface area contributed by atoms with E-state index in [4.69, 9.17) is 0 Å². The maximum Gasteiger partial charge on any atom is 0.223 e. The zero-order valence-corrected chi connectivity index (χ0v) is 16.6. The Morgan fingerprint density at radius 1 is 1.04 bits per heavy atom. The van der Waals surface area contributed by atoms with Gasteiger partial charge in [0, 0.05) is 17.9 Å². The molecule has 1 aromatic rings. The number of piperidine rings is 1. The lowest BCUT2D eigenvalue weighted by Crippen LogP contribution is -2.42. The highest BCUT2D eigenvalue weighted by atomic mass is 35.5. The van der Waals surface area contributed by atoms with Gasteiger partial charge in [-0.2, -0.15) is 0 Å². The number of amides is 1. The van der Waals surface area contributed by atoms with Crippen LogP contribution in [0.1, 0.15) is 58.6 Å². The van der Waals surface area contributed by atoms with Crippen molar-refractivity contribution >= 4 is 18.3 Å². The Morgan fingerprint density at radius 2 is 1.54 bits per heavy atom. The van der Waals surface area contributed by atoms with Crippen molar-refractivity contribution in [2.24, 2.45) is 5.92 Å². The summed E-state index contributed by atoms with van der Waals surface area (Å²) in [4.78, 5) is 12.3. The first-order valence-electron chi connectivity index (χ1n) is 8.79. The zero-order chi connectivity index (χ0) is 17.1. The van der Waals surface area contributed by atoms with Crippen molar-refractivity contribution in [1.82, 2.24) is 10.6 Å². The second kappa shape index (κ2) is 8.35. The maximum absolute atomic E-state index is 12.3. The quantitative estimate of drug-likeness (QED) is 0.865. The molecule has 1 aliphatic rings. The second-order valence-corrected chi connectivity index (χ2v) is 8.45. The molecule has 0 bridgehead atoms. The highest BCUT2D eigenvalue weighted by molar-refractivity contribution is 5.85. The molecule has 2 N–H and O–H groups in total. The Balaban J connectivity index is 0.00000288. The fourth-order valence-corrected chi connectivity index (χ4v) is 3.06. The molecule has 1 aliphatic heterocycles. The van der Waals surface area contributed by atoms with Gasteiger partial charge in [0.15, 0.2) is 0 Å². The summed E-state index contributed by atoms with van der Waals surface area (Å²) in [6.07, 6.45) is 1.90. The van der Waals surface area contributed by atoms with Crippen molar-refractivity contribution in [3.05, 3.63) is 35.4 Å². The summed E-state index contributed by atoms with van der Waals surface area (Å²) in [6, 6.07) is 8.84. The van der Waals surface area contributed by atoms with Crippen LogP contribution in [0.5, 0.6) is 0 Å². The first kappa shape index (κ1) is 21.0. The summed E-state index contributed by atoms with van der Waals surface area (Å²) in [5.41, 5.74) is 2.73. The molecule has 0 spiro atoms. The largest absolute Gasteiger partial charge is 0.355 e. The van der Waals surface area contributed by atoms with Crippen LogP contribution in [0.4, 0.5) is 0 Å². The molecule has 4 heteroatoms. The van der Waals surface area contributed by atoms with Gasteiger partial charge >= 0.3 is 0 Å². The van der Waals surface area contributed by atoms with Gasteiger partial charge in [-0.1, -0.05) is 58.9 Å². The summed E-state index contributed by atoms with van der Waals surface area (Å²) in [5, 5.41) is 6.47. The Hall–Kier alpha value is -1.06. The third-order valence-electron chi connectivity index (χ3n) is 4.95. The van der Waals surface area contributed by atoms with E-state index >= 15 is 0 Å². The fraction of sp³-hybridized carbons (Fsp3) is 0.650. The average molecular weight is 353 g/mol. The second-order valence-electron chi connectivity index (χ2n) is 8.45. The number of hydrogen-bond acceptors (Lipinski definition) is 2. The number of carbonyl (C=O) groups excluding carboxylic acids is 1. The summed E-state index contributed by atoms with van der Waals surface area (Å²) in [7, 11) is 0. The smallest absolute Gasteiger partial charge is 0.223 e. The predicted octanol–water partition coefficient (Wildman–Crippen LogP) is 3.80. The molecule has 0 unspecified atom stereocenters. The zero-order valence-electron chi connectivity index (χ0n) is 15.7. The SMILES string of the molecule is CC(C)(C)c1ccc(C(C)(C)CNC(=O)C2CCNCC2)cc1.Cl. The van der Waals surface area contributed by atoms with Crippen LogP contribution >= 0.6 is 12.4 Å². The van der Waals surface area contributed by atoms with Crippen LogP contribution < -0.4 is 10.6 Å². The van der Waals surface area contributed by atoms with Crippen molar-refractivity contribution in [2.75, 3.05) is 19.6 Å². The summed E-state index contributed by atoms with van der Waals surface area (Å²) >= 11 is 0. The molecule has 136 valence electrons. The van der Waals surface area contributed by atoms with E-state index in [9.17, 15) is 4.79 Å². The topological polar surface area (TPSA) is 41.1 Å². The van der Waals surface area contributed by atoms with Crippen molar-refractivity contribution < 1.29 is 4.79 Å². The molecular formula is C20H33ClN2O. The van der Waals surface area contributed by atoms with E-state index in [1.165, 1.54) is 11.1 Å². The minimum absolute atomic E-state index is 0. The lowest BCUT2D eigenvalue weighted by Gasteiger charge is -2.29. The number of carbonyl (C=O) groups is 1. The van der Waals surface area contributed by atoms with Gasteiger partial charge in [0.2, 0.25) is 5.91 Å². The molecule has 3 nitrogen and oxygen atoms in total. The molecule has 2 rings (SSSR count). The van der Waals surface area contributed by atoms with Gasteiger partial charge in [-0.3, -0.25) is 4.79 Å². The van der Waals surface area contributed by atoms with E-state index in [1.54, 1.807) is 0 Å². The first-order valence-corrected chi connectivity index (χ1v) is 8.79. The van der Waals surface area contributed by atoms with Gasteiger partial charge in [0.25, 0.3) is 0 Å². The van der Waals surface area contributed by atoms with Crippen LogP contribution in [0.3, 0.4) is 0 Å². The molecule has 0 atom stereocenters. The van der Waals surface area contributed by atoms with Gasteiger partial charge in [0.1, 0.15) is 0 Å². The number of rotatable bonds is 4. The van der Waals surface area contributed by atoms with E-state index in [0.29, 0.717) is 6.54 Å². The maximum atomic E-state index is 12.3. The molecule has 1 heterocycles. The molecule has 1 fully saturated rings. The molecule has 0 aromatic heterocycles. The van der Waals surface area contributed by atoms with E-state index < -0.39 is 0 Å². The van der Waals surface area contributed by atoms with Gasteiger partial charge < -0.3 is 10.6 Å². The van der Waals surface area contributed by atoms with E-state index in [2.05, 4.69) is 69.5 Å². The predicted molar refractivity (Wildman–Crippen MR) is 104 cm³/mol. The Morgan fingerprint density at radius 3 is 2.04 bits per heavy atom. The van der Waals surface area contributed by atoms with Crippen LogP contribution in [-0.4, -0.2) is 25.5 Å². The monoisotopic (exact) mass is 352 g/mol. The molecule has 1 aromatic carbocycles. The molecule has 24 heavy (non-hydrogen) atoms. The number of halogens is 1. The minimum Gasteiger partial charge on any atom is -0.355 e. The number of benzene rings is 1. The Bertz CT molecular complexity index is 526. The first-order chi connectivity index (χ1) is 10.7. The number of hydrogen-bond donors (Lipinski definition) is 2. The Kier molecular flexibility index (Phi) is 7.30. The van der Waals surface area contributed by atoms with Crippen molar-refractivity contribution in [3.8, 4) is 0 Å². The van der Waals surface area contributed by atoms with E-state index in [-0.39, 0.29) is 35.1 Å². The van der Waals surface area contributed by atoms with Crippen LogP contribution in [0.2, 0.25) is 0 Å². The van der Waals surface area contributed by atoms with Gasteiger partial charge in [-0.25, -0.2) is 0 Å². The molecular weight excluding hydrogens is 320 g/mol. The van der Waals surface area contributed by atoms with E-state index in [1.807, 2.05) is 0 Å². The average Bonchev–Trinajstić information content (AvgIpc) is 2.53. The molecule has 1 amide bonds. The Labute approximate surface area is 153 Å². The highest BCUT2D eigenvalue weighted by Gasteiger charge is 2.25. The van der Waals surface area contributed by atoms with Gasteiger partial charge in [-0.05, 0) is 42.5 Å². The lowest BCUT2D eigenvalue weighted by molar-refractivity contribution is -0.125. The van der Waals surface area contributed by atoms with Crippen LogP contribution in [0.15, 0.2) is 24.3 Å².